The van der Waals surface area contributed by atoms with Gasteiger partial charge in [0.25, 0.3) is 0 Å². The number of aromatic nitrogens is 2. The number of thioether (sulfide) groups is 1. The summed E-state index contributed by atoms with van der Waals surface area (Å²) in [6, 6.07) is 6.03. The topological polar surface area (TPSA) is 61.0 Å². The van der Waals surface area contributed by atoms with Crippen LogP contribution in [0.25, 0.3) is 11.0 Å². The van der Waals surface area contributed by atoms with Crippen LogP contribution in [-0.2, 0) is 11.3 Å². The van der Waals surface area contributed by atoms with E-state index >= 15 is 0 Å². The molecule has 2 N–H and O–H groups in total. The third-order valence-electron chi connectivity index (χ3n) is 5.27. The average Bonchev–Trinajstić information content (AvgIpc) is 3.21. The summed E-state index contributed by atoms with van der Waals surface area (Å²) in [5, 5.41) is 4.04. The number of nitrogens with zero attached hydrogens (tertiary/aromatic N) is 2. The number of fused-ring (bicyclic) bond motifs is 3. The fourth-order valence-corrected chi connectivity index (χ4v) is 5.93. The van der Waals surface area contributed by atoms with Crippen molar-refractivity contribution >= 4 is 46.0 Å². The molecular formula is C18H18N4OS2. The first-order chi connectivity index (χ1) is 12.2. The number of thiocarbonyl (C=S) groups is 1. The van der Waals surface area contributed by atoms with E-state index in [-0.39, 0.29) is 17.2 Å². The van der Waals surface area contributed by atoms with E-state index < -0.39 is 0 Å². The highest BCUT2D eigenvalue weighted by atomic mass is 32.2. The number of nitrogens with one attached hydrogen (secondary N) is 2. The molecule has 0 saturated carbocycles. The summed E-state index contributed by atoms with van der Waals surface area (Å²) in [6.45, 7) is 0.496. The molecule has 1 amide bonds. The fourth-order valence-electron chi connectivity index (χ4n) is 4.04. The SMILES string of the molecule is O=C1C2C3=C(CCCC3)SC2NC(=S)N1Cc1ccc2nc[nH]c2c1. The van der Waals surface area contributed by atoms with Crippen LogP contribution >= 0.6 is 24.0 Å². The van der Waals surface area contributed by atoms with Crippen LogP contribution in [0.1, 0.15) is 31.2 Å². The first-order valence-corrected chi connectivity index (χ1v) is 9.92. The van der Waals surface area contributed by atoms with E-state index in [0.717, 1.165) is 29.4 Å². The van der Waals surface area contributed by atoms with Crippen LogP contribution in [0.5, 0.6) is 0 Å². The highest BCUT2D eigenvalue weighted by Gasteiger charge is 2.47. The third kappa shape index (κ3) is 2.48. The number of hydrogen-bond donors (Lipinski definition) is 2. The van der Waals surface area contributed by atoms with Gasteiger partial charge in [0, 0.05) is 0 Å². The summed E-state index contributed by atoms with van der Waals surface area (Å²) in [5.41, 5.74) is 4.32. The lowest BCUT2D eigenvalue weighted by Gasteiger charge is -2.37. The Hall–Kier alpha value is -1.86. The fraction of sp³-hybridized carbons (Fsp3) is 0.389. The maximum atomic E-state index is 13.2. The number of benzene rings is 1. The lowest BCUT2D eigenvalue weighted by Crippen LogP contribution is -2.57. The molecule has 2 aromatic rings. The van der Waals surface area contributed by atoms with E-state index in [1.807, 2.05) is 30.0 Å². The zero-order chi connectivity index (χ0) is 17.0. The van der Waals surface area contributed by atoms with Crippen LogP contribution in [0.15, 0.2) is 35.0 Å². The van der Waals surface area contributed by atoms with Gasteiger partial charge in [0.05, 0.1) is 35.2 Å². The molecule has 1 aromatic carbocycles. The van der Waals surface area contributed by atoms with Gasteiger partial charge in [-0.05, 0) is 66.1 Å². The third-order valence-corrected chi connectivity index (χ3v) is 7.01. The lowest BCUT2D eigenvalue weighted by molar-refractivity contribution is -0.132. The summed E-state index contributed by atoms with van der Waals surface area (Å²) in [7, 11) is 0. The molecule has 0 spiro atoms. The number of amides is 1. The van der Waals surface area contributed by atoms with Crippen LogP contribution < -0.4 is 5.32 Å². The standard InChI is InChI=1S/C18H18N4OS2/c23-17-15-11-3-1-2-4-14(11)25-16(15)21-18(24)22(17)8-10-5-6-12-13(7-10)20-9-19-12/h5-7,9,15-16H,1-4,8H2,(H,19,20)(H,21,24). The van der Waals surface area contributed by atoms with Gasteiger partial charge in [0.15, 0.2) is 5.11 Å². The Labute approximate surface area is 155 Å². The quantitative estimate of drug-likeness (QED) is 0.795. The van der Waals surface area contributed by atoms with E-state index in [1.54, 1.807) is 11.2 Å². The van der Waals surface area contributed by atoms with Gasteiger partial charge in [-0.3, -0.25) is 9.69 Å². The Kier molecular flexibility index (Phi) is 3.60. The van der Waals surface area contributed by atoms with Crippen molar-refractivity contribution in [2.75, 3.05) is 0 Å². The van der Waals surface area contributed by atoms with Crippen molar-refractivity contribution < 1.29 is 4.79 Å². The van der Waals surface area contributed by atoms with Crippen LogP contribution in [0, 0.1) is 5.92 Å². The Morgan fingerprint density at radius 3 is 3.12 bits per heavy atom. The van der Waals surface area contributed by atoms with E-state index in [9.17, 15) is 4.79 Å². The van der Waals surface area contributed by atoms with E-state index in [1.165, 1.54) is 23.3 Å². The average molecular weight is 371 g/mol. The monoisotopic (exact) mass is 370 g/mol. The molecule has 0 radical (unpaired) electrons. The van der Waals surface area contributed by atoms with Crippen LogP contribution in [0.4, 0.5) is 0 Å². The number of rotatable bonds is 2. The van der Waals surface area contributed by atoms with Crippen molar-refractivity contribution in [2.24, 2.45) is 5.92 Å². The van der Waals surface area contributed by atoms with Crippen molar-refractivity contribution in [3.8, 4) is 0 Å². The predicted octanol–water partition coefficient (Wildman–Crippen LogP) is 3.30. The van der Waals surface area contributed by atoms with Gasteiger partial charge >= 0.3 is 0 Å². The maximum Gasteiger partial charge on any atom is 0.239 e. The number of allylic oxidation sites excluding steroid dienone is 1. The number of hydrogen-bond acceptors (Lipinski definition) is 4. The zero-order valence-corrected chi connectivity index (χ0v) is 15.3. The molecule has 25 heavy (non-hydrogen) atoms. The first-order valence-electron chi connectivity index (χ1n) is 8.63. The van der Waals surface area contributed by atoms with Crippen molar-refractivity contribution in [3.05, 3.63) is 40.6 Å². The Morgan fingerprint density at radius 1 is 1.32 bits per heavy atom. The number of carbonyl (C=O) groups excluding carboxylic acids is 1. The minimum Gasteiger partial charge on any atom is -0.349 e. The largest absolute Gasteiger partial charge is 0.349 e. The van der Waals surface area contributed by atoms with Gasteiger partial charge in [0.1, 0.15) is 0 Å². The van der Waals surface area contributed by atoms with Crippen molar-refractivity contribution in [2.45, 2.75) is 37.6 Å². The number of H-pyrrole nitrogens is 1. The molecule has 1 aromatic heterocycles. The second-order valence-corrected chi connectivity index (χ2v) is 8.42. The number of imidazole rings is 1. The van der Waals surface area contributed by atoms with Crippen LogP contribution in [-0.4, -0.2) is 31.3 Å². The molecule has 5 rings (SSSR count). The van der Waals surface area contributed by atoms with Gasteiger partial charge in [-0.25, -0.2) is 4.98 Å². The summed E-state index contributed by atoms with van der Waals surface area (Å²) >= 11 is 7.33. The molecule has 3 aliphatic rings. The summed E-state index contributed by atoms with van der Waals surface area (Å²) in [6.07, 6.45) is 6.28. The van der Waals surface area contributed by atoms with Gasteiger partial charge in [-0.1, -0.05) is 6.07 Å². The minimum absolute atomic E-state index is 0.0529. The minimum atomic E-state index is -0.0529. The lowest BCUT2D eigenvalue weighted by atomic mass is 9.87. The smallest absolute Gasteiger partial charge is 0.239 e. The van der Waals surface area contributed by atoms with Gasteiger partial charge in [-0.15, -0.1) is 11.8 Å². The van der Waals surface area contributed by atoms with Crippen LogP contribution in [0.2, 0.25) is 0 Å². The number of carbonyl (C=O) groups is 1. The van der Waals surface area contributed by atoms with Gasteiger partial charge in [0.2, 0.25) is 5.91 Å². The summed E-state index contributed by atoms with van der Waals surface area (Å²) in [5.74, 6) is 0.0979. The Morgan fingerprint density at radius 2 is 2.20 bits per heavy atom. The molecule has 2 aliphatic heterocycles. The molecule has 1 aliphatic carbocycles. The highest BCUT2D eigenvalue weighted by molar-refractivity contribution is 8.04. The molecule has 2 atom stereocenters. The van der Waals surface area contributed by atoms with E-state index in [2.05, 4.69) is 15.3 Å². The summed E-state index contributed by atoms with van der Waals surface area (Å²) in [4.78, 5) is 23.7. The molecule has 128 valence electrons. The van der Waals surface area contributed by atoms with Crippen LogP contribution in [0.3, 0.4) is 0 Å². The second kappa shape index (κ2) is 5.85. The second-order valence-electron chi connectivity index (χ2n) is 6.80. The van der Waals surface area contributed by atoms with E-state index in [0.29, 0.717) is 11.7 Å². The molecule has 3 heterocycles. The van der Waals surface area contributed by atoms with Gasteiger partial charge in [-0.2, -0.15) is 0 Å². The Balaban J connectivity index is 1.44. The number of aromatic amines is 1. The molecular weight excluding hydrogens is 352 g/mol. The molecule has 1 saturated heterocycles. The highest BCUT2D eigenvalue weighted by Crippen LogP contribution is 2.49. The molecule has 2 unspecified atom stereocenters. The zero-order valence-electron chi connectivity index (χ0n) is 13.6. The molecule has 5 nitrogen and oxygen atoms in total. The van der Waals surface area contributed by atoms with Crippen molar-refractivity contribution in [1.82, 2.24) is 20.2 Å². The Bertz CT molecular complexity index is 919. The van der Waals surface area contributed by atoms with Crippen molar-refractivity contribution in [3.63, 3.8) is 0 Å². The molecule has 0 bridgehead atoms. The summed E-state index contributed by atoms with van der Waals surface area (Å²) < 4.78 is 0. The molecule has 1 fully saturated rings. The van der Waals surface area contributed by atoms with Crippen molar-refractivity contribution in [1.29, 1.82) is 0 Å². The normalized spacial score (nSPS) is 26.0. The van der Waals surface area contributed by atoms with Gasteiger partial charge < -0.3 is 10.3 Å². The van der Waals surface area contributed by atoms with E-state index in [4.69, 9.17) is 12.2 Å². The first kappa shape index (κ1) is 15.4. The predicted molar refractivity (Wildman–Crippen MR) is 103 cm³/mol. The molecule has 7 heteroatoms. The maximum absolute atomic E-state index is 13.2.